The van der Waals surface area contributed by atoms with Crippen LogP contribution < -0.4 is 10.7 Å². The Morgan fingerprint density at radius 2 is 2.05 bits per heavy atom. The van der Waals surface area contributed by atoms with Crippen molar-refractivity contribution in [2.24, 2.45) is 16.9 Å². The molecule has 3 atom stereocenters. The number of fused-ring (bicyclic) bond motifs is 2. The van der Waals surface area contributed by atoms with Gasteiger partial charge in [0.2, 0.25) is 0 Å². The molecule has 0 aliphatic heterocycles. The molecule has 0 amide bonds. The number of hydrazone groups is 1. The monoisotopic (exact) mass is 273 g/mol. The van der Waals surface area contributed by atoms with Crippen LogP contribution in [0.4, 0.5) is 0 Å². The van der Waals surface area contributed by atoms with Crippen molar-refractivity contribution >= 4 is 23.5 Å². The van der Waals surface area contributed by atoms with E-state index in [4.69, 9.17) is 12.2 Å². The van der Waals surface area contributed by atoms with E-state index in [9.17, 15) is 0 Å². The highest BCUT2D eigenvalue weighted by Gasteiger charge is 2.39. The summed E-state index contributed by atoms with van der Waals surface area (Å²) in [4.78, 5) is 0. The summed E-state index contributed by atoms with van der Waals surface area (Å²) in [6.07, 6.45) is 7.21. The van der Waals surface area contributed by atoms with Gasteiger partial charge in [-0.2, -0.15) is 5.10 Å². The van der Waals surface area contributed by atoms with Gasteiger partial charge in [0.25, 0.3) is 0 Å². The van der Waals surface area contributed by atoms with Crippen LogP contribution >= 0.6 is 12.2 Å². The van der Waals surface area contributed by atoms with E-state index in [2.05, 4.69) is 15.8 Å². The van der Waals surface area contributed by atoms with Gasteiger partial charge in [0.05, 0.1) is 6.21 Å². The minimum absolute atomic E-state index is 0.561. The lowest BCUT2D eigenvalue weighted by molar-refractivity contribution is 0.389. The minimum atomic E-state index is 0.561. The van der Waals surface area contributed by atoms with Crippen LogP contribution in [0.25, 0.3) is 0 Å². The number of nitrogens with zero attached hydrogens (tertiary/aromatic N) is 1. The summed E-state index contributed by atoms with van der Waals surface area (Å²) < 4.78 is 0. The topological polar surface area (TPSA) is 36.4 Å². The van der Waals surface area contributed by atoms with E-state index in [0.717, 1.165) is 17.4 Å². The average molecular weight is 273 g/mol. The Balaban J connectivity index is 1.46. The molecule has 0 saturated heterocycles. The first-order chi connectivity index (χ1) is 9.31. The lowest BCUT2D eigenvalue weighted by atomic mass is 9.96. The summed E-state index contributed by atoms with van der Waals surface area (Å²) in [7, 11) is 0. The predicted molar refractivity (Wildman–Crippen MR) is 82.1 cm³/mol. The summed E-state index contributed by atoms with van der Waals surface area (Å²) in [6.45, 7) is 0. The zero-order chi connectivity index (χ0) is 13.1. The van der Waals surface area contributed by atoms with E-state index >= 15 is 0 Å². The molecule has 19 heavy (non-hydrogen) atoms. The van der Waals surface area contributed by atoms with Gasteiger partial charge in [-0.05, 0) is 48.9 Å². The minimum Gasteiger partial charge on any atom is -0.358 e. The molecule has 100 valence electrons. The summed E-state index contributed by atoms with van der Waals surface area (Å²) in [5, 5.41) is 8.21. The molecule has 2 N–H and O–H groups in total. The third kappa shape index (κ3) is 3.13. The fraction of sp³-hybridized carbons (Fsp3) is 0.467. The van der Waals surface area contributed by atoms with Gasteiger partial charge in [0.1, 0.15) is 0 Å². The molecule has 1 aromatic carbocycles. The van der Waals surface area contributed by atoms with Crippen LogP contribution in [0.5, 0.6) is 0 Å². The molecular weight excluding hydrogens is 254 g/mol. The van der Waals surface area contributed by atoms with Crippen LogP contribution in [0.3, 0.4) is 0 Å². The molecule has 3 nitrogen and oxygen atoms in total. The summed E-state index contributed by atoms with van der Waals surface area (Å²) in [5.74, 6) is 1.75. The Morgan fingerprint density at radius 1 is 1.21 bits per heavy atom. The Labute approximate surface area is 119 Å². The van der Waals surface area contributed by atoms with Crippen LogP contribution in [0.2, 0.25) is 0 Å². The van der Waals surface area contributed by atoms with Crippen LogP contribution in [0.15, 0.2) is 35.4 Å². The number of rotatable bonds is 3. The summed E-state index contributed by atoms with van der Waals surface area (Å²) in [5.41, 5.74) is 3.97. The van der Waals surface area contributed by atoms with Gasteiger partial charge in [0, 0.05) is 6.04 Å². The summed E-state index contributed by atoms with van der Waals surface area (Å²) >= 11 is 5.29. The third-order valence-electron chi connectivity index (χ3n) is 4.23. The molecule has 0 radical (unpaired) electrons. The smallest absolute Gasteiger partial charge is 0.187 e. The first kappa shape index (κ1) is 12.6. The fourth-order valence-electron chi connectivity index (χ4n) is 3.33. The Kier molecular flexibility index (Phi) is 3.78. The highest BCUT2D eigenvalue weighted by Crippen LogP contribution is 2.44. The van der Waals surface area contributed by atoms with Gasteiger partial charge in [-0.25, -0.2) is 0 Å². The van der Waals surface area contributed by atoms with Crippen molar-refractivity contribution in [2.75, 3.05) is 0 Å². The van der Waals surface area contributed by atoms with Crippen molar-refractivity contribution in [3.05, 3.63) is 35.9 Å². The van der Waals surface area contributed by atoms with E-state index in [1.54, 1.807) is 6.21 Å². The maximum absolute atomic E-state index is 5.29. The second kappa shape index (κ2) is 5.70. The van der Waals surface area contributed by atoms with Crippen LogP contribution in [0.1, 0.15) is 31.2 Å². The second-order valence-corrected chi connectivity index (χ2v) is 5.94. The van der Waals surface area contributed by atoms with Gasteiger partial charge < -0.3 is 5.32 Å². The standard InChI is InChI=1S/C15H19N3S/c19-15(17-14-9-12-6-7-13(14)8-12)18-16-10-11-4-2-1-3-5-11/h1-5,10,12-14H,6-9H2,(H2,17,18,19)/b16-10-/t12-,13+,14-/m0/s1. The largest absolute Gasteiger partial charge is 0.358 e. The maximum atomic E-state index is 5.29. The fourth-order valence-corrected chi connectivity index (χ4v) is 3.53. The lowest BCUT2D eigenvalue weighted by Crippen LogP contribution is -2.42. The zero-order valence-corrected chi connectivity index (χ0v) is 11.7. The van der Waals surface area contributed by atoms with Crippen molar-refractivity contribution in [1.29, 1.82) is 0 Å². The zero-order valence-electron chi connectivity index (χ0n) is 10.9. The predicted octanol–water partition coefficient (Wildman–Crippen LogP) is 2.67. The quantitative estimate of drug-likeness (QED) is 0.505. The van der Waals surface area contributed by atoms with Gasteiger partial charge in [0.15, 0.2) is 5.11 Å². The van der Waals surface area contributed by atoms with Crippen molar-refractivity contribution in [3.8, 4) is 0 Å². The molecule has 0 heterocycles. The Bertz CT molecular complexity index is 472. The number of hydrogen-bond donors (Lipinski definition) is 2. The van der Waals surface area contributed by atoms with E-state index in [1.165, 1.54) is 25.7 Å². The molecule has 1 aromatic rings. The van der Waals surface area contributed by atoms with E-state index in [1.807, 2.05) is 30.3 Å². The number of nitrogens with one attached hydrogen (secondary N) is 2. The highest BCUT2D eigenvalue weighted by molar-refractivity contribution is 7.80. The van der Waals surface area contributed by atoms with E-state index in [0.29, 0.717) is 11.2 Å². The van der Waals surface area contributed by atoms with Crippen LogP contribution in [0, 0.1) is 11.8 Å². The van der Waals surface area contributed by atoms with Crippen molar-refractivity contribution < 1.29 is 0 Å². The lowest BCUT2D eigenvalue weighted by Gasteiger charge is -2.23. The normalized spacial score (nSPS) is 28.7. The molecule has 2 aliphatic rings. The van der Waals surface area contributed by atoms with E-state index < -0.39 is 0 Å². The maximum Gasteiger partial charge on any atom is 0.187 e. The molecule has 0 aromatic heterocycles. The Hall–Kier alpha value is -1.42. The van der Waals surface area contributed by atoms with Crippen molar-refractivity contribution in [1.82, 2.24) is 10.7 Å². The summed E-state index contributed by atoms with van der Waals surface area (Å²) in [6, 6.07) is 10.6. The molecule has 3 rings (SSSR count). The number of hydrogen-bond acceptors (Lipinski definition) is 2. The second-order valence-electron chi connectivity index (χ2n) is 5.54. The number of thiocarbonyl (C=S) groups is 1. The van der Waals surface area contributed by atoms with Gasteiger partial charge in [-0.15, -0.1) is 0 Å². The molecule has 2 aliphatic carbocycles. The van der Waals surface area contributed by atoms with Crippen molar-refractivity contribution in [2.45, 2.75) is 31.7 Å². The van der Waals surface area contributed by atoms with Gasteiger partial charge >= 0.3 is 0 Å². The SMILES string of the molecule is S=C(N/N=C\c1ccccc1)N[C@H]1C[C@H]2CC[C@@H]1C2. The molecule has 0 unspecified atom stereocenters. The molecule has 0 spiro atoms. The first-order valence-electron chi connectivity index (χ1n) is 6.96. The van der Waals surface area contributed by atoms with Gasteiger partial charge in [-0.1, -0.05) is 36.8 Å². The molecule has 2 fully saturated rings. The Morgan fingerprint density at radius 3 is 2.74 bits per heavy atom. The third-order valence-corrected chi connectivity index (χ3v) is 4.44. The first-order valence-corrected chi connectivity index (χ1v) is 7.37. The van der Waals surface area contributed by atoms with Gasteiger partial charge in [-0.3, -0.25) is 5.43 Å². The molecule has 2 bridgehead atoms. The highest BCUT2D eigenvalue weighted by atomic mass is 32.1. The molecule has 2 saturated carbocycles. The van der Waals surface area contributed by atoms with Crippen molar-refractivity contribution in [3.63, 3.8) is 0 Å². The van der Waals surface area contributed by atoms with Crippen LogP contribution in [-0.2, 0) is 0 Å². The molecule has 4 heteroatoms. The van der Waals surface area contributed by atoms with E-state index in [-0.39, 0.29) is 0 Å². The average Bonchev–Trinajstić information content (AvgIpc) is 3.02. The number of benzene rings is 1. The molecular formula is C15H19N3S. The van der Waals surface area contributed by atoms with Crippen LogP contribution in [-0.4, -0.2) is 17.4 Å².